The number of fused-ring (bicyclic) bond motifs is 2. The lowest BCUT2D eigenvalue weighted by Crippen LogP contribution is -2.50. The lowest BCUT2D eigenvalue weighted by molar-refractivity contribution is -0.123. The molecular formula is C25H20Cl2N2O3S. The molecule has 0 N–H and O–H groups in total. The zero-order valence-corrected chi connectivity index (χ0v) is 20.1. The molecular weight excluding hydrogens is 479 g/mol. The van der Waals surface area contributed by atoms with Crippen molar-refractivity contribution in [2.75, 3.05) is 24.3 Å². The predicted molar refractivity (Wildman–Crippen MR) is 132 cm³/mol. The van der Waals surface area contributed by atoms with Crippen LogP contribution >= 0.6 is 35.0 Å². The number of carbonyl (C=O) groups is 2. The van der Waals surface area contributed by atoms with Crippen LogP contribution < -0.4 is 9.64 Å². The fourth-order valence-corrected chi connectivity index (χ4v) is 6.27. The molecule has 0 bridgehead atoms. The lowest BCUT2D eigenvalue weighted by atomic mass is 10.0. The number of benzene rings is 3. The van der Waals surface area contributed by atoms with Crippen LogP contribution in [-0.2, 0) is 16.2 Å². The van der Waals surface area contributed by atoms with Crippen LogP contribution in [-0.4, -0.2) is 36.1 Å². The third kappa shape index (κ3) is 3.57. The van der Waals surface area contributed by atoms with E-state index in [1.54, 1.807) is 59.4 Å². The first kappa shape index (κ1) is 22.1. The first-order valence-electron chi connectivity index (χ1n) is 10.4. The van der Waals surface area contributed by atoms with Gasteiger partial charge in [0.2, 0.25) is 0 Å². The highest BCUT2D eigenvalue weighted by molar-refractivity contribution is 8.01. The van der Waals surface area contributed by atoms with E-state index < -0.39 is 4.87 Å². The smallest absolute Gasteiger partial charge is 0.268 e. The molecule has 2 heterocycles. The van der Waals surface area contributed by atoms with Gasteiger partial charge in [-0.3, -0.25) is 9.59 Å². The van der Waals surface area contributed by atoms with Crippen LogP contribution in [0.3, 0.4) is 0 Å². The molecule has 3 aromatic rings. The van der Waals surface area contributed by atoms with Gasteiger partial charge in [-0.1, -0.05) is 47.5 Å². The Morgan fingerprint density at radius 2 is 1.91 bits per heavy atom. The Morgan fingerprint density at radius 1 is 1.09 bits per heavy atom. The molecule has 3 aromatic carbocycles. The highest BCUT2D eigenvalue weighted by Crippen LogP contribution is 2.55. The highest BCUT2D eigenvalue weighted by atomic mass is 35.5. The zero-order chi connectivity index (χ0) is 23.2. The summed E-state index contributed by atoms with van der Waals surface area (Å²) >= 11 is 14.2. The largest absolute Gasteiger partial charge is 0.497 e. The molecule has 2 aliphatic heterocycles. The number of carbonyl (C=O) groups excluding carboxylic acids is 2. The third-order valence-corrected chi connectivity index (χ3v) is 8.03. The second kappa shape index (κ2) is 8.60. The van der Waals surface area contributed by atoms with Crippen LogP contribution in [0.1, 0.15) is 21.5 Å². The predicted octanol–water partition coefficient (Wildman–Crippen LogP) is 5.59. The maximum Gasteiger partial charge on any atom is 0.268 e. The van der Waals surface area contributed by atoms with Gasteiger partial charge in [0.05, 0.1) is 19.3 Å². The van der Waals surface area contributed by atoms with Crippen LogP contribution in [0.5, 0.6) is 5.75 Å². The van der Waals surface area contributed by atoms with E-state index in [-0.39, 0.29) is 11.8 Å². The van der Waals surface area contributed by atoms with Crippen molar-refractivity contribution in [3.8, 4) is 5.75 Å². The minimum Gasteiger partial charge on any atom is -0.497 e. The Morgan fingerprint density at radius 3 is 2.70 bits per heavy atom. The summed E-state index contributed by atoms with van der Waals surface area (Å²) in [5.74, 6) is 0.826. The number of amides is 2. The molecule has 8 heteroatoms. The summed E-state index contributed by atoms with van der Waals surface area (Å²) in [5, 5.41) is 1.10. The number of hydrogen-bond donors (Lipinski definition) is 0. The van der Waals surface area contributed by atoms with Crippen LogP contribution in [0, 0.1) is 0 Å². The maximum absolute atomic E-state index is 14.1. The molecule has 1 saturated heterocycles. The van der Waals surface area contributed by atoms with E-state index in [1.807, 2.05) is 24.3 Å². The third-order valence-electron chi connectivity index (χ3n) is 6.00. The lowest BCUT2D eigenvalue weighted by Gasteiger charge is -2.33. The standard InChI is InChI=1S/C25H20Cl2N2O3S/c1-32-19-7-4-6-16(13-19)23(30)29-11-12-33-25(29)20-14-18(26)9-10-22(20)28(24(25)31)15-17-5-2-3-8-21(17)27/h2-10,13-14H,11-12,15H2,1H3/t25-/m1/s1. The van der Waals surface area contributed by atoms with E-state index in [1.165, 1.54) is 11.8 Å². The molecule has 168 valence electrons. The molecule has 1 spiro atoms. The van der Waals surface area contributed by atoms with Gasteiger partial charge >= 0.3 is 0 Å². The number of rotatable bonds is 4. The Hall–Kier alpha value is -2.67. The van der Waals surface area contributed by atoms with Gasteiger partial charge in [-0.15, -0.1) is 11.8 Å². The van der Waals surface area contributed by atoms with Crippen molar-refractivity contribution < 1.29 is 14.3 Å². The highest BCUT2D eigenvalue weighted by Gasteiger charge is 2.59. The van der Waals surface area contributed by atoms with Crippen LogP contribution in [0.25, 0.3) is 0 Å². The Balaban J connectivity index is 1.60. The maximum atomic E-state index is 14.1. The van der Waals surface area contributed by atoms with E-state index >= 15 is 0 Å². The average Bonchev–Trinajstić information content (AvgIpc) is 3.37. The van der Waals surface area contributed by atoms with E-state index in [0.717, 1.165) is 16.8 Å². The van der Waals surface area contributed by atoms with Gasteiger partial charge in [-0.2, -0.15) is 0 Å². The van der Waals surface area contributed by atoms with E-state index in [9.17, 15) is 9.59 Å². The van der Waals surface area contributed by atoms with E-state index in [2.05, 4.69) is 0 Å². The second-order valence-corrected chi connectivity index (χ2v) is 9.96. The van der Waals surface area contributed by atoms with Gasteiger partial charge in [-0.25, -0.2) is 0 Å². The number of nitrogens with zero attached hydrogens (tertiary/aromatic N) is 2. The number of methoxy groups -OCH3 is 1. The van der Waals surface area contributed by atoms with Crippen LogP contribution in [0.4, 0.5) is 5.69 Å². The SMILES string of the molecule is COc1cccc(C(=O)N2CCS[C@]23C(=O)N(Cc2ccccc2Cl)c2ccc(Cl)cc23)c1. The molecule has 5 nitrogen and oxygen atoms in total. The summed E-state index contributed by atoms with van der Waals surface area (Å²) in [6.07, 6.45) is 0. The van der Waals surface area contributed by atoms with Gasteiger partial charge in [0.25, 0.3) is 11.8 Å². The van der Waals surface area contributed by atoms with Crippen LogP contribution in [0.15, 0.2) is 66.7 Å². The van der Waals surface area contributed by atoms with Gasteiger partial charge in [0, 0.05) is 33.5 Å². The summed E-state index contributed by atoms with van der Waals surface area (Å²) in [6, 6.07) is 19.8. The molecule has 1 fully saturated rings. The van der Waals surface area contributed by atoms with E-state index in [4.69, 9.17) is 27.9 Å². The normalized spacial score (nSPS) is 19.3. The first-order valence-corrected chi connectivity index (χ1v) is 12.2. The summed E-state index contributed by atoms with van der Waals surface area (Å²) in [5.41, 5.74) is 2.77. The van der Waals surface area contributed by atoms with Gasteiger partial charge in [0.15, 0.2) is 4.87 Å². The average molecular weight is 499 g/mol. The van der Waals surface area contributed by atoms with Crippen LogP contribution in [0.2, 0.25) is 10.0 Å². The number of anilines is 1. The number of hydrogen-bond acceptors (Lipinski definition) is 4. The van der Waals surface area contributed by atoms with Crippen molar-refractivity contribution in [1.82, 2.24) is 4.90 Å². The number of thioether (sulfide) groups is 1. The van der Waals surface area contributed by atoms with Crippen molar-refractivity contribution in [1.29, 1.82) is 0 Å². The minimum atomic E-state index is -1.18. The molecule has 0 unspecified atom stereocenters. The Labute approximate surface area is 206 Å². The van der Waals surface area contributed by atoms with Gasteiger partial charge in [0.1, 0.15) is 5.75 Å². The molecule has 33 heavy (non-hydrogen) atoms. The fraction of sp³-hybridized carbons (Fsp3) is 0.200. The molecule has 0 saturated carbocycles. The Kier molecular flexibility index (Phi) is 5.77. The summed E-state index contributed by atoms with van der Waals surface area (Å²) in [7, 11) is 1.56. The monoisotopic (exact) mass is 498 g/mol. The Bertz CT molecular complexity index is 1270. The number of halogens is 2. The quantitative estimate of drug-likeness (QED) is 0.470. The molecule has 0 aromatic heterocycles. The topological polar surface area (TPSA) is 49.9 Å². The summed E-state index contributed by atoms with van der Waals surface area (Å²) in [4.78, 5) is 29.9. The first-order chi connectivity index (χ1) is 16.0. The molecule has 0 radical (unpaired) electrons. The molecule has 2 amide bonds. The second-order valence-electron chi connectivity index (χ2n) is 7.83. The summed E-state index contributed by atoms with van der Waals surface area (Å²) in [6.45, 7) is 0.745. The zero-order valence-electron chi connectivity index (χ0n) is 17.8. The van der Waals surface area contributed by atoms with Gasteiger partial charge in [-0.05, 0) is 48.0 Å². The van der Waals surface area contributed by atoms with Gasteiger partial charge < -0.3 is 14.5 Å². The molecule has 5 rings (SSSR count). The fourth-order valence-electron chi connectivity index (χ4n) is 4.45. The minimum absolute atomic E-state index is 0.168. The summed E-state index contributed by atoms with van der Waals surface area (Å²) < 4.78 is 5.29. The van der Waals surface area contributed by atoms with Crippen molar-refractivity contribution in [3.05, 3.63) is 93.5 Å². The van der Waals surface area contributed by atoms with Crippen molar-refractivity contribution in [2.45, 2.75) is 11.4 Å². The molecule has 1 atom stereocenters. The molecule has 2 aliphatic rings. The van der Waals surface area contributed by atoms with Crippen molar-refractivity contribution in [3.63, 3.8) is 0 Å². The van der Waals surface area contributed by atoms with Crippen molar-refractivity contribution >= 4 is 52.5 Å². The molecule has 0 aliphatic carbocycles. The van der Waals surface area contributed by atoms with E-state index in [0.29, 0.717) is 40.2 Å². The van der Waals surface area contributed by atoms with Crippen molar-refractivity contribution in [2.24, 2.45) is 0 Å². The number of ether oxygens (including phenoxy) is 1.